The molecule has 1 saturated carbocycles. The SMILES string of the molecule is CCOc1cccc(CN(C(=O)c2ccccc2O)C2CC2)c1. The number of amides is 1. The lowest BCUT2D eigenvalue weighted by atomic mass is 10.1. The van der Waals surface area contributed by atoms with Crippen LogP contribution in [0.15, 0.2) is 48.5 Å². The van der Waals surface area contributed by atoms with Gasteiger partial charge in [0, 0.05) is 12.6 Å². The first-order valence-electron chi connectivity index (χ1n) is 7.99. The molecule has 1 aliphatic carbocycles. The smallest absolute Gasteiger partial charge is 0.258 e. The fourth-order valence-corrected chi connectivity index (χ4v) is 2.66. The molecule has 0 aliphatic heterocycles. The number of nitrogens with zero attached hydrogens (tertiary/aromatic N) is 1. The van der Waals surface area contributed by atoms with Crippen molar-refractivity contribution in [1.29, 1.82) is 0 Å². The maximum absolute atomic E-state index is 12.8. The zero-order valence-corrected chi connectivity index (χ0v) is 13.2. The van der Waals surface area contributed by atoms with E-state index in [0.717, 1.165) is 24.2 Å². The van der Waals surface area contributed by atoms with E-state index in [4.69, 9.17) is 4.74 Å². The van der Waals surface area contributed by atoms with Crippen molar-refractivity contribution < 1.29 is 14.6 Å². The normalized spacial score (nSPS) is 13.6. The Morgan fingerprint density at radius 1 is 1.22 bits per heavy atom. The Balaban J connectivity index is 1.81. The number of benzene rings is 2. The van der Waals surface area contributed by atoms with Gasteiger partial charge < -0.3 is 14.7 Å². The molecule has 1 aliphatic rings. The molecule has 0 aromatic heterocycles. The van der Waals surface area contributed by atoms with Crippen LogP contribution in [0, 0.1) is 0 Å². The van der Waals surface area contributed by atoms with Crippen LogP contribution in [0.3, 0.4) is 0 Å². The summed E-state index contributed by atoms with van der Waals surface area (Å²) >= 11 is 0. The van der Waals surface area contributed by atoms with Gasteiger partial charge in [-0.3, -0.25) is 4.79 Å². The minimum atomic E-state index is -0.118. The van der Waals surface area contributed by atoms with Crippen molar-refractivity contribution in [2.75, 3.05) is 6.61 Å². The average Bonchev–Trinajstić information content (AvgIpc) is 3.38. The van der Waals surface area contributed by atoms with E-state index in [0.29, 0.717) is 18.7 Å². The van der Waals surface area contributed by atoms with Crippen molar-refractivity contribution in [2.24, 2.45) is 0 Å². The zero-order chi connectivity index (χ0) is 16.2. The minimum Gasteiger partial charge on any atom is -0.507 e. The van der Waals surface area contributed by atoms with E-state index in [1.807, 2.05) is 36.1 Å². The van der Waals surface area contributed by atoms with Gasteiger partial charge in [0.05, 0.1) is 12.2 Å². The standard InChI is InChI=1S/C19H21NO3/c1-2-23-16-7-5-6-14(12-16)13-20(15-10-11-15)19(22)17-8-3-4-9-18(17)21/h3-9,12,15,21H,2,10-11,13H2,1H3. The molecule has 1 amide bonds. The number of carbonyl (C=O) groups excluding carboxylic acids is 1. The summed E-state index contributed by atoms with van der Waals surface area (Å²) in [6, 6.07) is 14.8. The number of carbonyl (C=O) groups is 1. The number of phenolic OH excluding ortho intramolecular Hbond substituents is 1. The monoisotopic (exact) mass is 311 g/mol. The van der Waals surface area contributed by atoms with Gasteiger partial charge in [-0.1, -0.05) is 24.3 Å². The fourth-order valence-electron chi connectivity index (χ4n) is 2.66. The van der Waals surface area contributed by atoms with Crippen LogP contribution in [0.4, 0.5) is 0 Å². The summed E-state index contributed by atoms with van der Waals surface area (Å²) in [5.74, 6) is 0.731. The first kappa shape index (κ1) is 15.4. The van der Waals surface area contributed by atoms with Crippen LogP contribution in [0.5, 0.6) is 11.5 Å². The van der Waals surface area contributed by atoms with E-state index >= 15 is 0 Å². The number of aromatic hydroxyl groups is 1. The van der Waals surface area contributed by atoms with Gasteiger partial charge in [0.15, 0.2) is 0 Å². The molecule has 120 valence electrons. The Labute approximate surface area is 136 Å². The Bertz CT molecular complexity index is 695. The van der Waals surface area contributed by atoms with Gasteiger partial charge >= 0.3 is 0 Å². The predicted octanol–water partition coefficient (Wildman–Crippen LogP) is 3.60. The highest BCUT2D eigenvalue weighted by molar-refractivity contribution is 5.97. The topological polar surface area (TPSA) is 49.8 Å². The largest absolute Gasteiger partial charge is 0.507 e. The van der Waals surface area contributed by atoms with Crippen LogP contribution in [0.25, 0.3) is 0 Å². The van der Waals surface area contributed by atoms with E-state index in [-0.39, 0.29) is 17.7 Å². The second kappa shape index (κ2) is 6.73. The second-order valence-electron chi connectivity index (χ2n) is 5.76. The summed E-state index contributed by atoms with van der Waals surface area (Å²) in [7, 11) is 0. The first-order chi connectivity index (χ1) is 11.2. The van der Waals surface area contributed by atoms with E-state index in [1.165, 1.54) is 0 Å². The minimum absolute atomic E-state index is 0.0335. The lowest BCUT2D eigenvalue weighted by molar-refractivity contribution is 0.0726. The van der Waals surface area contributed by atoms with Gasteiger partial charge in [-0.2, -0.15) is 0 Å². The molecular weight excluding hydrogens is 290 g/mol. The molecule has 0 unspecified atom stereocenters. The van der Waals surface area contributed by atoms with Gasteiger partial charge in [-0.15, -0.1) is 0 Å². The summed E-state index contributed by atoms with van der Waals surface area (Å²) in [4.78, 5) is 14.6. The Morgan fingerprint density at radius 3 is 2.70 bits per heavy atom. The molecule has 0 spiro atoms. The van der Waals surface area contributed by atoms with Crippen LogP contribution in [-0.2, 0) is 6.54 Å². The summed E-state index contributed by atoms with van der Waals surface area (Å²) in [5, 5.41) is 9.94. The fraction of sp³-hybridized carbons (Fsp3) is 0.316. The van der Waals surface area contributed by atoms with Crippen molar-refractivity contribution in [1.82, 2.24) is 4.90 Å². The molecule has 0 radical (unpaired) electrons. The van der Waals surface area contributed by atoms with E-state index in [2.05, 4.69) is 0 Å². The summed E-state index contributed by atoms with van der Waals surface area (Å²) < 4.78 is 5.52. The van der Waals surface area contributed by atoms with Gasteiger partial charge in [0.25, 0.3) is 5.91 Å². The molecule has 4 nitrogen and oxygen atoms in total. The first-order valence-corrected chi connectivity index (χ1v) is 7.99. The van der Waals surface area contributed by atoms with E-state index < -0.39 is 0 Å². The molecule has 4 heteroatoms. The number of phenols is 1. The van der Waals surface area contributed by atoms with Crippen molar-refractivity contribution in [3.8, 4) is 11.5 Å². The van der Waals surface area contributed by atoms with Gasteiger partial charge in [-0.25, -0.2) is 0 Å². The van der Waals surface area contributed by atoms with Crippen molar-refractivity contribution in [3.05, 3.63) is 59.7 Å². The van der Waals surface area contributed by atoms with Crippen LogP contribution in [-0.4, -0.2) is 28.6 Å². The molecule has 23 heavy (non-hydrogen) atoms. The Morgan fingerprint density at radius 2 is 2.00 bits per heavy atom. The summed E-state index contributed by atoms with van der Waals surface area (Å²) in [6.45, 7) is 3.09. The van der Waals surface area contributed by atoms with Crippen molar-refractivity contribution in [3.63, 3.8) is 0 Å². The molecule has 0 saturated heterocycles. The maximum Gasteiger partial charge on any atom is 0.258 e. The second-order valence-corrected chi connectivity index (χ2v) is 5.76. The number of rotatable bonds is 6. The quantitative estimate of drug-likeness (QED) is 0.887. The van der Waals surface area contributed by atoms with Crippen molar-refractivity contribution in [2.45, 2.75) is 32.4 Å². The van der Waals surface area contributed by atoms with Crippen LogP contribution in [0.2, 0.25) is 0 Å². The molecule has 2 aromatic carbocycles. The average molecular weight is 311 g/mol. The molecule has 0 heterocycles. The highest BCUT2D eigenvalue weighted by Crippen LogP contribution is 2.31. The maximum atomic E-state index is 12.8. The lowest BCUT2D eigenvalue weighted by Crippen LogP contribution is -2.32. The van der Waals surface area contributed by atoms with Crippen LogP contribution >= 0.6 is 0 Å². The third-order valence-electron chi connectivity index (χ3n) is 3.95. The Hall–Kier alpha value is -2.49. The van der Waals surface area contributed by atoms with Crippen molar-refractivity contribution >= 4 is 5.91 Å². The predicted molar refractivity (Wildman–Crippen MR) is 88.6 cm³/mol. The van der Waals surface area contributed by atoms with E-state index in [1.54, 1.807) is 24.3 Å². The third kappa shape index (κ3) is 3.65. The molecule has 1 fully saturated rings. The van der Waals surface area contributed by atoms with Gasteiger partial charge in [-0.05, 0) is 49.6 Å². The van der Waals surface area contributed by atoms with Gasteiger partial charge in [0.2, 0.25) is 0 Å². The zero-order valence-electron chi connectivity index (χ0n) is 13.2. The molecule has 0 atom stereocenters. The molecule has 0 bridgehead atoms. The molecule has 3 rings (SSSR count). The van der Waals surface area contributed by atoms with E-state index in [9.17, 15) is 9.90 Å². The third-order valence-corrected chi connectivity index (χ3v) is 3.95. The highest BCUT2D eigenvalue weighted by atomic mass is 16.5. The number of hydrogen-bond donors (Lipinski definition) is 1. The highest BCUT2D eigenvalue weighted by Gasteiger charge is 2.33. The van der Waals surface area contributed by atoms with Gasteiger partial charge in [0.1, 0.15) is 11.5 Å². The number of ether oxygens (including phenoxy) is 1. The summed E-state index contributed by atoms with van der Waals surface area (Å²) in [6.07, 6.45) is 2.04. The number of para-hydroxylation sites is 1. The molecule has 1 N–H and O–H groups in total. The molecular formula is C19H21NO3. The van der Waals surface area contributed by atoms with Crippen LogP contribution in [0.1, 0.15) is 35.7 Å². The lowest BCUT2D eigenvalue weighted by Gasteiger charge is -2.23. The number of hydrogen-bond acceptors (Lipinski definition) is 3. The molecule has 2 aromatic rings. The summed E-state index contributed by atoms with van der Waals surface area (Å²) in [5.41, 5.74) is 1.40. The van der Waals surface area contributed by atoms with Crippen LogP contribution < -0.4 is 4.74 Å². The Kier molecular flexibility index (Phi) is 4.51.